The molecule has 42 valence electrons. The van der Waals surface area contributed by atoms with Crippen molar-refractivity contribution >= 4 is 0 Å². The van der Waals surface area contributed by atoms with Crippen LogP contribution in [0.1, 0.15) is 0 Å². The van der Waals surface area contributed by atoms with Gasteiger partial charge in [-0.25, -0.2) is 0 Å². The van der Waals surface area contributed by atoms with Gasteiger partial charge in [0, 0.05) is 20.3 Å². The largest absolute Gasteiger partial charge is 0.304 e. The molecule has 0 bridgehead atoms. The van der Waals surface area contributed by atoms with Gasteiger partial charge in [-0.15, -0.1) is 0 Å². The zero-order chi connectivity index (χ0) is 5.86. The molecule has 0 fully saturated rings. The Labute approximate surface area is 43.9 Å². The second kappa shape index (κ2) is 2.60. The first kappa shape index (κ1) is 6.46. The average Bonchev–Trinajstić information content (AvgIpc) is 1.65. The molecule has 0 rings (SSSR count). The van der Waals surface area contributed by atoms with Crippen LogP contribution in [0.3, 0.4) is 0 Å². The van der Waals surface area contributed by atoms with Gasteiger partial charge in [-0.2, -0.15) is 5.12 Å². The van der Waals surface area contributed by atoms with E-state index in [4.69, 9.17) is 5.84 Å². The molecule has 0 spiro atoms. The molecule has 3 nitrogen and oxygen atoms in total. The van der Waals surface area contributed by atoms with E-state index < -0.39 is 0 Å². The number of hydrogen-bond donors (Lipinski definition) is 1. The van der Waals surface area contributed by atoms with Crippen LogP contribution in [0.15, 0.2) is 12.8 Å². The quantitative estimate of drug-likeness (QED) is 0.385. The van der Waals surface area contributed by atoms with Gasteiger partial charge in [0.2, 0.25) is 0 Å². The molecular formula is C4H11N3. The van der Waals surface area contributed by atoms with Gasteiger partial charge in [0.25, 0.3) is 0 Å². The summed E-state index contributed by atoms with van der Waals surface area (Å²) in [5, 5.41) is 3.10. The molecule has 7 heavy (non-hydrogen) atoms. The van der Waals surface area contributed by atoms with Crippen LogP contribution >= 0.6 is 0 Å². The third-order valence-electron chi connectivity index (χ3n) is 0.762. The first-order chi connectivity index (χ1) is 3.18. The van der Waals surface area contributed by atoms with Crippen LogP contribution < -0.4 is 5.84 Å². The third kappa shape index (κ3) is 2.19. The molecule has 0 aliphatic carbocycles. The van der Waals surface area contributed by atoms with Crippen LogP contribution in [0, 0.1) is 0 Å². The van der Waals surface area contributed by atoms with Crippen LogP contribution in [0.4, 0.5) is 0 Å². The molecule has 3 heteroatoms. The van der Waals surface area contributed by atoms with Crippen molar-refractivity contribution in [2.75, 3.05) is 14.1 Å². The maximum atomic E-state index is 5.23. The smallest absolute Gasteiger partial charge is 0.0240 e. The van der Waals surface area contributed by atoms with E-state index in [0.29, 0.717) is 0 Å². The molecular weight excluding hydrogens is 90.1 g/mol. The summed E-state index contributed by atoms with van der Waals surface area (Å²) in [6, 6.07) is 0. The van der Waals surface area contributed by atoms with Gasteiger partial charge >= 0.3 is 0 Å². The molecule has 0 heterocycles. The molecule has 0 saturated carbocycles. The Balaban J connectivity index is 3.33. The van der Waals surface area contributed by atoms with E-state index >= 15 is 0 Å². The fourth-order valence-corrected chi connectivity index (χ4v) is 0.129. The molecule has 0 saturated heterocycles. The molecule has 0 aliphatic heterocycles. The van der Waals surface area contributed by atoms with Crippen LogP contribution in [0.2, 0.25) is 0 Å². The van der Waals surface area contributed by atoms with E-state index in [2.05, 4.69) is 6.58 Å². The minimum absolute atomic E-state index is 1.44. The fourth-order valence-electron chi connectivity index (χ4n) is 0.129. The number of hydrazine groups is 2. The van der Waals surface area contributed by atoms with Crippen molar-refractivity contribution in [3.63, 3.8) is 0 Å². The van der Waals surface area contributed by atoms with Crippen LogP contribution in [-0.2, 0) is 0 Å². The minimum Gasteiger partial charge on any atom is -0.304 e. The van der Waals surface area contributed by atoms with E-state index in [-0.39, 0.29) is 0 Å². The van der Waals surface area contributed by atoms with E-state index in [1.165, 1.54) is 5.12 Å². The maximum Gasteiger partial charge on any atom is 0.0240 e. The summed E-state index contributed by atoms with van der Waals surface area (Å²) < 4.78 is 0. The van der Waals surface area contributed by atoms with E-state index in [1.807, 2.05) is 7.05 Å². The Morgan fingerprint density at radius 2 is 2.00 bits per heavy atom. The molecule has 0 aromatic rings. The lowest BCUT2D eigenvalue weighted by molar-refractivity contribution is 0.0815. The van der Waals surface area contributed by atoms with Crippen molar-refractivity contribution in [2.45, 2.75) is 0 Å². The third-order valence-corrected chi connectivity index (χ3v) is 0.762. The van der Waals surface area contributed by atoms with Crippen LogP contribution in [0.25, 0.3) is 0 Å². The first-order valence-corrected chi connectivity index (χ1v) is 2.02. The van der Waals surface area contributed by atoms with E-state index in [0.717, 1.165) is 0 Å². The van der Waals surface area contributed by atoms with Gasteiger partial charge in [0.15, 0.2) is 0 Å². The number of nitrogens with two attached hydrogens (primary N) is 1. The van der Waals surface area contributed by atoms with Gasteiger partial charge in [0.1, 0.15) is 0 Å². The Morgan fingerprint density at radius 3 is 2.00 bits per heavy atom. The van der Waals surface area contributed by atoms with Gasteiger partial charge in [0.05, 0.1) is 0 Å². The van der Waals surface area contributed by atoms with Gasteiger partial charge in [-0.3, -0.25) is 5.84 Å². The summed E-state index contributed by atoms with van der Waals surface area (Å²) >= 11 is 0. The Bertz CT molecular complexity index is 60.0. The molecule has 0 unspecified atom stereocenters. The van der Waals surface area contributed by atoms with Gasteiger partial charge in [-0.1, -0.05) is 6.58 Å². The van der Waals surface area contributed by atoms with Gasteiger partial charge < -0.3 is 5.01 Å². The minimum atomic E-state index is 1.44. The lowest BCUT2D eigenvalue weighted by atomic mass is 10.9. The molecule has 0 aliphatic rings. The molecule has 0 radical (unpaired) electrons. The van der Waals surface area contributed by atoms with Crippen molar-refractivity contribution in [1.29, 1.82) is 0 Å². The van der Waals surface area contributed by atoms with Gasteiger partial charge in [-0.05, 0) is 0 Å². The highest BCUT2D eigenvalue weighted by Gasteiger charge is 1.86. The molecule has 0 aromatic heterocycles. The normalized spacial score (nSPS) is 9.14. The summed E-state index contributed by atoms with van der Waals surface area (Å²) in [4.78, 5) is 0. The zero-order valence-electron chi connectivity index (χ0n) is 4.76. The summed E-state index contributed by atoms with van der Waals surface area (Å²) in [6.07, 6.45) is 1.62. The van der Waals surface area contributed by atoms with Crippen molar-refractivity contribution < 1.29 is 0 Å². The van der Waals surface area contributed by atoms with Crippen molar-refractivity contribution in [3.8, 4) is 0 Å². The second-order valence-corrected chi connectivity index (χ2v) is 1.33. The van der Waals surface area contributed by atoms with Crippen LogP contribution in [-0.4, -0.2) is 24.2 Å². The predicted octanol–water partition coefficient (Wildman–Crippen LogP) is -0.218. The van der Waals surface area contributed by atoms with E-state index in [1.54, 1.807) is 18.3 Å². The van der Waals surface area contributed by atoms with Crippen LogP contribution in [0.5, 0.6) is 0 Å². The highest BCUT2D eigenvalue weighted by atomic mass is 15.7. The summed E-state index contributed by atoms with van der Waals surface area (Å²) in [7, 11) is 3.55. The fraction of sp³-hybridized carbons (Fsp3) is 0.500. The summed E-state index contributed by atoms with van der Waals surface area (Å²) in [5.74, 6) is 5.23. The van der Waals surface area contributed by atoms with E-state index in [9.17, 15) is 0 Å². The molecule has 0 atom stereocenters. The highest BCUT2D eigenvalue weighted by Crippen LogP contribution is 1.77. The standard InChI is InChI=1S/C4H11N3/c1-4-6(2)7(3)5/h4H,1,5H2,2-3H3. The Morgan fingerprint density at radius 1 is 1.57 bits per heavy atom. The first-order valence-electron chi connectivity index (χ1n) is 2.02. The lowest BCUT2D eigenvalue weighted by Crippen LogP contribution is -2.37. The second-order valence-electron chi connectivity index (χ2n) is 1.33. The molecule has 0 aromatic carbocycles. The van der Waals surface area contributed by atoms with Crippen molar-refractivity contribution in [1.82, 2.24) is 10.1 Å². The lowest BCUT2D eigenvalue weighted by Gasteiger charge is -2.20. The number of rotatable bonds is 2. The Kier molecular flexibility index (Phi) is 2.40. The molecule has 0 amide bonds. The zero-order valence-corrected chi connectivity index (χ0v) is 4.76. The SMILES string of the molecule is C=CN(C)N(C)N. The Hall–Kier alpha value is -0.540. The average molecular weight is 101 g/mol. The number of nitrogens with zero attached hydrogens (tertiary/aromatic N) is 2. The monoisotopic (exact) mass is 101 g/mol. The maximum absolute atomic E-state index is 5.23. The topological polar surface area (TPSA) is 32.5 Å². The summed E-state index contributed by atoms with van der Waals surface area (Å²) in [6.45, 7) is 3.49. The van der Waals surface area contributed by atoms with Crippen molar-refractivity contribution in [3.05, 3.63) is 12.8 Å². The van der Waals surface area contributed by atoms with Crippen molar-refractivity contribution in [2.24, 2.45) is 5.84 Å². The predicted molar refractivity (Wildman–Crippen MR) is 29.9 cm³/mol. The molecule has 2 N–H and O–H groups in total. The highest BCUT2D eigenvalue weighted by molar-refractivity contribution is 4.59. The summed E-state index contributed by atoms with van der Waals surface area (Å²) in [5.41, 5.74) is 0. The number of hydrogen-bond acceptors (Lipinski definition) is 3.